The predicted octanol–water partition coefficient (Wildman–Crippen LogP) is 4.52. The fourth-order valence-corrected chi connectivity index (χ4v) is 2.26. The van der Waals surface area contributed by atoms with Gasteiger partial charge in [0.2, 0.25) is 0 Å². The molecular weight excluding hydrogens is 292 g/mol. The van der Waals surface area contributed by atoms with Crippen LogP contribution < -0.4 is 0 Å². The number of alkyl halides is 3. The summed E-state index contributed by atoms with van der Waals surface area (Å²) >= 11 is -0.222. The van der Waals surface area contributed by atoms with Crippen LogP contribution in [-0.4, -0.2) is 10.6 Å². The summed E-state index contributed by atoms with van der Waals surface area (Å²) in [6, 6.07) is 10.8. The van der Waals surface area contributed by atoms with Crippen LogP contribution in [0.1, 0.15) is 17.2 Å². The summed E-state index contributed by atoms with van der Waals surface area (Å²) in [5.74, 6) is -0.481. The molecule has 0 bridgehead atoms. The summed E-state index contributed by atoms with van der Waals surface area (Å²) in [6.07, 6.45) is -1.07. The van der Waals surface area contributed by atoms with E-state index in [2.05, 4.69) is 0 Å². The van der Waals surface area contributed by atoms with E-state index in [1.807, 2.05) is 0 Å². The quantitative estimate of drug-likeness (QED) is 0.664. The van der Waals surface area contributed by atoms with E-state index in [-0.39, 0.29) is 16.7 Å². The molecule has 0 saturated carbocycles. The number of aliphatic hydroxyl groups is 1. The van der Waals surface area contributed by atoms with E-state index in [1.165, 1.54) is 42.5 Å². The van der Waals surface area contributed by atoms with Crippen molar-refractivity contribution in [2.24, 2.45) is 0 Å². The Hall–Kier alpha value is -1.53. The summed E-state index contributed by atoms with van der Waals surface area (Å²) in [5.41, 5.74) is -3.59. The molecule has 1 unspecified atom stereocenters. The molecule has 20 heavy (non-hydrogen) atoms. The smallest absolute Gasteiger partial charge is 0.384 e. The Morgan fingerprint density at radius 3 is 2.15 bits per heavy atom. The van der Waals surface area contributed by atoms with Gasteiger partial charge in [0.25, 0.3) is 0 Å². The van der Waals surface area contributed by atoms with Gasteiger partial charge in [-0.3, -0.25) is 0 Å². The average molecular weight is 302 g/mol. The Balaban J connectivity index is 2.17. The first-order valence-corrected chi connectivity index (χ1v) is 6.46. The fourth-order valence-electron chi connectivity index (χ4n) is 1.72. The zero-order valence-electron chi connectivity index (χ0n) is 10.1. The van der Waals surface area contributed by atoms with Gasteiger partial charge in [-0.2, -0.15) is 13.2 Å². The monoisotopic (exact) mass is 302 g/mol. The van der Waals surface area contributed by atoms with E-state index in [9.17, 15) is 22.7 Å². The van der Waals surface area contributed by atoms with Gasteiger partial charge in [-0.15, -0.1) is 0 Å². The van der Waals surface area contributed by atoms with Crippen molar-refractivity contribution in [3.63, 3.8) is 0 Å². The first-order valence-electron chi connectivity index (χ1n) is 5.64. The zero-order valence-corrected chi connectivity index (χ0v) is 10.9. The van der Waals surface area contributed by atoms with Crippen molar-refractivity contribution in [2.75, 3.05) is 0 Å². The van der Waals surface area contributed by atoms with Crippen LogP contribution in [0.2, 0.25) is 0 Å². The Bertz CT molecular complexity index is 580. The highest BCUT2D eigenvalue weighted by molar-refractivity contribution is 8.00. The van der Waals surface area contributed by atoms with Crippen molar-refractivity contribution in [1.29, 1.82) is 0 Å². The van der Waals surface area contributed by atoms with Gasteiger partial charge in [0.1, 0.15) is 11.9 Å². The molecule has 2 aromatic rings. The number of hydrogen-bond acceptors (Lipinski definition) is 2. The van der Waals surface area contributed by atoms with Gasteiger partial charge in [-0.05, 0) is 47.2 Å². The number of aliphatic hydroxyl groups excluding tert-OH is 1. The Labute approximate surface area is 117 Å². The van der Waals surface area contributed by atoms with Crippen LogP contribution in [0.5, 0.6) is 0 Å². The summed E-state index contributed by atoms with van der Waals surface area (Å²) < 4.78 is 49.6. The van der Waals surface area contributed by atoms with Crippen molar-refractivity contribution < 1.29 is 22.7 Å². The van der Waals surface area contributed by atoms with Gasteiger partial charge in [0, 0.05) is 4.90 Å². The van der Waals surface area contributed by atoms with E-state index < -0.39 is 17.4 Å². The summed E-state index contributed by atoms with van der Waals surface area (Å²) in [7, 11) is 0. The van der Waals surface area contributed by atoms with Crippen molar-refractivity contribution in [3.05, 3.63) is 65.5 Å². The minimum atomic E-state index is -4.34. The topological polar surface area (TPSA) is 20.2 Å². The Kier molecular flexibility index (Phi) is 4.35. The summed E-state index contributed by atoms with van der Waals surface area (Å²) in [6.45, 7) is 0. The molecule has 0 aliphatic rings. The molecular formula is C14H10F4OS. The first-order chi connectivity index (χ1) is 9.35. The van der Waals surface area contributed by atoms with E-state index in [0.717, 1.165) is 0 Å². The second kappa shape index (κ2) is 5.85. The molecule has 0 spiro atoms. The van der Waals surface area contributed by atoms with Crippen molar-refractivity contribution in [3.8, 4) is 0 Å². The lowest BCUT2D eigenvalue weighted by Gasteiger charge is -2.12. The maximum atomic E-state index is 13.1. The minimum Gasteiger partial charge on any atom is -0.384 e. The Morgan fingerprint density at radius 2 is 1.60 bits per heavy atom. The number of benzene rings is 2. The van der Waals surface area contributed by atoms with Gasteiger partial charge < -0.3 is 5.11 Å². The van der Waals surface area contributed by atoms with E-state index in [0.29, 0.717) is 11.1 Å². The van der Waals surface area contributed by atoms with Crippen LogP contribution in [0.3, 0.4) is 0 Å². The standard InChI is InChI=1S/C14H10F4OS/c15-11-3-1-2-10(8-11)13(19)9-4-6-12(7-5-9)20-14(16,17)18/h1-8,13,19H. The van der Waals surface area contributed by atoms with Crippen LogP contribution in [0.15, 0.2) is 53.4 Å². The number of hydrogen-bond donors (Lipinski definition) is 1. The normalized spacial score (nSPS) is 13.2. The lowest BCUT2D eigenvalue weighted by molar-refractivity contribution is -0.0328. The number of halogens is 4. The molecule has 1 nitrogen and oxygen atoms in total. The molecule has 0 aliphatic carbocycles. The van der Waals surface area contributed by atoms with Crippen LogP contribution >= 0.6 is 11.8 Å². The molecule has 0 aliphatic heterocycles. The molecule has 0 amide bonds. The number of rotatable bonds is 3. The number of thioether (sulfide) groups is 1. The van der Waals surface area contributed by atoms with Gasteiger partial charge >= 0.3 is 5.51 Å². The maximum Gasteiger partial charge on any atom is 0.446 e. The molecule has 2 rings (SSSR count). The molecule has 6 heteroatoms. The van der Waals surface area contributed by atoms with E-state index in [1.54, 1.807) is 6.07 Å². The molecule has 1 N–H and O–H groups in total. The molecule has 2 aromatic carbocycles. The van der Waals surface area contributed by atoms with Gasteiger partial charge in [-0.1, -0.05) is 24.3 Å². The van der Waals surface area contributed by atoms with Crippen LogP contribution in [-0.2, 0) is 0 Å². The SMILES string of the molecule is OC(c1ccc(SC(F)(F)F)cc1)c1cccc(F)c1. The third kappa shape index (κ3) is 3.98. The second-order valence-corrected chi connectivity index (χ2v) is 5.21. The third-order valence-electron chi connectivity index (χ3n) is 2.59. The van der Waals surface area contributed by atoms with Gasteiger partial charge in [0.05, 0.1) is 0 Å². The predicted molar refractivity (Wildman–Crippen MR) is 68.8 cm³/mol. The summed E-state index contributed by atoms with van der Waals surface area (Å²) in [4.78, 5) is 0.0349. The minimum absolute atomic E-state index is 0.0349. The van der Waals surface area contributed by atoms with Crippen molar-refractivity contribution >= 4 is 11.8 Å². The highest BCUT2D eigenvalue weighted by Crippen LogP contribution is 2.37. The average Bonchev–Trinajstić information content (AvgIpc) is 2.37. The molecule has 106 valence electrons. The molecule has 0 heterocycles. The lowest BCUT2D eigenvalue weighted by atomic mass is 10.0. The highest BCUT2D eigenvalue weighted by atomic mass is 32.2. The molecule has 0 saturated heterocycles. The van der Waals surface area contributed by atoms with Gasteiger partial charge in [-0.25, -0.2) is 4.39 Å². The summed E-state index contributed by atoms with van der Waals surface area (Å²) in [5, 5.41) is 10.0. The van der Waals surface area contributed by atoms with Crippen molar-refractivity contribution in [1.82, 2.24) is 0 Å². The molecule has 0 fully saturated rings. The molecule has 0 aromatic heterocycles. The van der Waals surface area contributed by atoms with Gasteiger partial charge in [0.15, 0.2) is 0 Å². The maximum absolute atomic E-state index is 13.1. The largest absolute Gasteiger partial charge is 0.446 e. The Morgan fingerprint density at radius 1 is 0.950 bits per heavy atom. The third-order valence-corrected chi connectivity index (χ3v) is 3.33. The van der Waals surface area contributed by atoms with Crippen LogP contribution in [0, 0.1) is 5.82 Å². The lowest BCUT2D eigenvalue weighted by Crippen LogP contribution is -2.01. The molecule has 0 radical (unpaired) electrons. The van der Waals surface area contributed by atoms with E-state index in [4.69, 9.17) is 0 Å². The first kappa shape index (κ1) is 14.9. The van der Waals surface area contributed by atoms with E-state index >= 15 is 0 Å². The van der Waals surface area contributed by atoms with Crippen LogP contribution in [0.4, 0.5) is 17.6 Å². The van der Waals surface area contributed by atoms with Crippen molar-refractivity contribution in [2.45, 2.75) is 16.5 Å². The molecule has 1 atom stereocenters. The highest BCUT2D eigenvalue weighted by Gasteiger charge is 2.29. The zero-order chi connectivity index (χ0) is 14.8. The fraction of sp³-hybridized carbons (Fsp3) is 0.143. The second-order valence-electron chi connectivity index (χ2n) is 4.07. The van der Waals surface area contributed by atoms with Crippen LogP contribution in [0.25, 0.3) is 0 Å².